The first-order valence-electron chi connectivity index (χ1n) is 6.51. The van der Waals surface area contributed by atoms with Gasteiger partial charge in [0.2, 0.25) is 0 Å². The summed E-state index contributed by atoms with van der Waals surface area (Å²) in [6.45, 7) is 2.03. The molecule has 19 heavy (non-hydrogen) atoms. The van der Waals surface area contributed by atoms with Gasteiger partial charge in [0.25, 0.3) is 0 Å². The quantitative estimate of drug-likeness (QED) is 0.849. The molecule has 3 nitrogen and oxygen atoms in total. The van der Waals surface area contributed by atoms with Gasteiger partial charge in [-0.3, -0.25) is 5.10 Å². The van der Waals surface area contributed by atoms with E-state index in [-0.39, 0.29) is 5.38 Å². The van der Waals surface area contributed by atoms with Crippen LogP contribution in [0.4, 0.5) is 0 Å². The van der Waals surface area contributed by atoms with Crippen molar-refractivity contribution in [3.8, 4) is 5.75 Å². The first-order valence-corrected chi connectivity index (χ1v) is 6.95. The third-order valence-electron chi connectivity index (χ3n) is 3.90. The molecule has 2 aromatic rings. The fraction of sp³-hybridized carbons (Fsp3) is 0.400. The molecule has 1 aliphatic rings. The smallest absolute Gasteiger partial charge is 0.122 e. The molecule has 1 aliphatic carbocycles. The van der Waals surface area contributed by atoms with E-state index in [1.54, 1.807) is 7.11 Å². The van der Waals surface area contributed by atoms with E-state index in [0.717, 1.165) is 30.0 Å². The molecule has 0 bridgehead atoms. The van der Waals surface area contributed by atoms with Gasteiger partial charge in [-0.1, -0.05) is 18.2 Å². The molecule has 0 spiro atoms. The normalized spacial score (nSPS) is 22.1. The Hall–Kier alpha value is -1.48. The fourth-order valence-corrected chi connectivity index (χ4v) is 3.49. The van der Waals surface area contributed by atoms with Gasteiger partial charge in [0.05, 0.1) is 18.2 Å². The number of rotatable bonds is 2. The molecule has 0 aliphatic heterocycles. The predicted octanol–water partition coefficient (Wildman–Crippen LogP) is 3.74. The third-order valence-corrected chi connectivity index (χ3v) is 4.29. The number of para-hydroxylation sites is 1. The van der Waals surface area contributed by atoms with Crippen LogP contribution in [0.15, 0.2) is 24.3 Å². The number of H-pyrrole nitrogens is 1. The number of aromatic amines is 1. The van der Waals surface area contributed by atoms with E-state index in [2.05, 4.69) is 16.3 Å². The molecule has 0 saturated heterocycles. The lowest BCUT2D eigenvalue weighted by molar-refractivity contribution is 0.401. The molecule has 0 radical (unpaired) electrons. The van der Waals surface area contributed by atoms with Gasteiger partial charge >= 0.3 is 0 Å². The zero-order chi connectivity index (χ0) is 13.4. The average molecular weight is 277 g/mol. The standard InChI is InChI=1S/C15H17ClN2O/c1-9-15-12(16)7-10(8-13(15)18-17-9)11-5-3-4-6-14(11)19-2/h3-6,10,12H,7-8H2,1-2H3,(H,17,18). The number of nitrogens with zero attached hydrogens (tertiary/aromatic N) is 1. The zero-order valence-electron chi connectivity index (χ0n) is 11.1. The second kappa shape index (κ2) is 4.89. The summed E-state index contributed by atoms with van der Waals surface area (Å²) in [7, 11) is 1.71. The van der Waals surface area contributed by atoms with E-state index in [1.165, 1.54) is 11.1 Å². The molecule has 1 heterocycles. The van der Waals surface area contributed by atoms with Gasteiger partial charge in [-0.05, 0) is 37.3 Å². The van der Waals surface area contributed by atoms with Crippen molar-refractivity contribution in [2.75, 3.05) is 7.11 Å². The summed E-state index contributed by atoms with van der Waals surface area (Å²) in [5, 5.41) is 7.46. The maximum Gasteiger partial charge on any atom is 0.122 e. The van der Waals surface area contributed by atoms with Crippen LogP contribution in [0.25, 0.3) is 0 Å². The molecule has 0 saturated carbocycles. The number of nitrogens with one attached hydrogen (secondary N) is 1. The lowest BCUT2D eigenvalue weighted by atomic mass is 9.82. The molecule has 2 atom stereocenters. The van der Waals surface area contributed by atoms with Crippen molar-refractivity contribution < 1.29 is 4.74 Å². The number of alkyl halides is 1. The number of aromatic nitrogens is 2. The molecule has 2 unspecified atom stereocenters. The first kappa shape index (κ1) is 12.5. The van der Waals surface area contributed by atoms with Crippen LogP contribution in [0.2, 0.25) is 0 Å². The van der Waals surface area contributed by atoms with Crippen molar-refractivity contribution in [3.05, 3.63) is 46.8 Å². The van der Waals surface area contributed by atoms with Crippen LogP contribution >= 0.6 is 11.6 Å². The van der Waals surface area contributed by atoms with E-state index in [9.17, 15) is 0 Å². The zero-order valence-corrected chi connectivity index (χ0v) is 11.9. The van der Waals surface area contributed by atoms with Crippen molar-refractivity contribution in [2.24, 2.45) is 0 Å². The van der Waals surface area contributed by atoms with E-state index < -0.39 is 0 Å². The predicted molar refractivity (Wildman–Crippen MR) is 76.0 cm³/mol. The number of benzene rings is 1. The van der Waals surface area contributed by atoms with Crippen LogP contribution < -0.4 is 4.74 Å². The van der Waals surface area contributed by atoms with E-state index in [0.29, 0.717) is 5.92 Å². The number of halogens is 1. The van der Waals surface area contributed by atoms with Crippen LogP contribution in [-0.4, -0.2) is 17.3 Å². The molecule has 1 aromatic heterocycles. The lowest BCUT2D eigenvalue weighted by Gasteiger charge is -2.27. The molecule has 3 rings (SSSR count). The Kier molecular flexibility index (Phi) is 3.23. The lowest BCUT2D eigenvalue weighted by Crippen LogP contribution is -2.15. The molecule has 1 aromatic carbocycles. The minimum Gasteiger partial charge on any atom is -0.496 e. The molecule has 0 fully saturated rings. The van der Waals surface area contributed by atoms with E-state index >= 15 is 0 Å². The Bertz CT molecular complexity index is 594. The van der Waals surface area contributed by atoms with Crippen molar-refractivity contribution in [3.63, 3.8) is 0 Å². The summed E-state index contributed by atoms with van der Waals surface area (Å²) < 4.78 is 5.46. The maximum atomic E-state index is 6.53. The van der Waals surface area contributed by atoms with Crippen molar-refractivity contribution in [2.45, 2.75) is 31.1 Å². The summed E-state index contributed by atoms with van der Waals surface area (Å²) >= 11 is 6.53. The highest BCUT2D eigenvalue weighted by atomic mass is 35.5. The number of hydrogen-bond donors (Lipinski definition) is 1. The Morgan fingerprint density at radius 1 is 1.37 bits per heavy atom. The van der Waals surface area contributed by atoms with Crippen LogP contribution in [-0.2, 0) is 6.42 Å². The van der Waals surface area contributed by atoms with Gasteiger partial charge in [0.15, 0.2) is 0 Å². The first-order chi connectivity index (χ1) is 9.20. The fourth-order valence-electron chi connectivity index (χ4n) is 2.98. The Balaban J connectivity index is 1.97. The SMILES string of the molecule is COc1ccccc1C1Cc2n[nH]c(C)c2C(Cl)C1. The van der Waals surface area contributed by atoms with Crippen LogP contribution in [0, 0.1) is 6.92 Å². The second-order valence-electron chi connectivity index (χ2n) is 5.06. The summed E-state index contributed by atoms with van der Waals surface area (Å²) in [5.41, 5.74) is 4.60. The van der Waals surface area contributed by atoms with Gasteiger partial charge in [-0.25, -0.2) is 0 Å². The number of aryl methyl sites for hydroxylation is 1. The van der Waals surface area contributed by atoms with Crippen molar-refractivity contribution >= 4 is 11.6 Å². The summed E-state index contributed by atoms with van der Waals surface area (Å²) in [6, 6.07) is 8.17. The summed E-state index contributed by atoms with van der Waals surface area (Å²) in [4.78, 5) is 0. The van der Waals surface area contributed by atoms with Crippen LogP contribution in [0.3, 0.4) is 0 Å². The summed E-state index contributed by atoms with van der Waals surface area (Å²) in [5.74, 6) is 1.31. The van der Waals surface area contributed by atoms with Gasteiger partial charge in [0, 0.05) is 11.3 Å². The van der Waals surface area contributed by atoms with Crippen LogP contribution in [0.1, 0.15) is 40.2 Å². The number of methoxy groups -OCH3 is 1. The minimum absolute atomic E-state index is 0.0254. The highest BCUT2D eigenvalue weighted by Crippen LogP contribution is 2.44. The van der Waals surface area contributed by atoms with E-state index in [1.807, 2.05) is 25.1 Å². The number of fused-ring (bicyclic) bond motifs is 1. The van der Waals surface area contributed by atoms with Gasteiger partial charge in [0.1, 0.15) is 5.75 Å². The van der Waals surface area contributed by atoms with Crippen molar-refractivity contribution in [1.29, 1.82) is 0 Å². The number of hydrogen-bond acceptors (Lipinski definition) is 2. The van der Waals surface area contributed by atoms with Crippen LogP contribution in [0.5, 0.6) is 5.75 Å². The van der Waals surface area contributed by atoms with Gasteiger partial charge in [-0.15, -0.1) is 11.6 Å². The molecule has 0 amide bonds. The Morgan fingerprint density at radius 2 is 2.16 bits per heavy atom. The second-order valence-corrected chi connectivity index (χ2v) is 5.58. The Morgan fingerprint density at radius 3 is 2.95 bits per heavy atom. The van der Waals surface area contributed by atoms with Gasteiger partial charge in [-0.2, -0.15) is 5.10 Å². The molecular formula is C15H17ClN2O. The van der Waals surface area contributed by atoms with Crippen molar-refractivity contribution in [1.82, 2.24) is 10.2 Å². The highest BCUT2D eigenvalue weighted by Gasteiger charge is 2.31. The molecule has 1 N–H and O–H groups in total. The minimum atomic E-state index is 0.0254. The maximum absolute atomic E-state index is 6.53. The van der Waals surface area contributed by atoms with E-state index in [4.69, 9.17) is 16.3 Å². The Labute approximate surface area is 117 Å². The third kappa shape index (κ3) is 2.12. The molecule has 4 heteroatoms. The molecular weight excluding hydrogens is 260 g/mol. The summed E-state index contributed by atoms with van der Waals surface area (Å²) in [6.07, 6.45) is 1.85. The average Bonchev–Trinajstić information content (AvgIpc) is 2.80. The monoisotopic (exact) mass is 276 g/mol. The topological polar surface area (TPSA) is 37.9 Å². The van der Waals surface area contributed by atoms with Gasteiger partial charge < -0.3 is 4.74 Å². The largest absolute Gasteiger partial charge is 0.496 e. The number of ether oxygens (including phenoxy) is 1. The molecule has 100 valence electrons. The highest BCUT2D eigenvalue weighted by molar-refractivity contribution is 6.21.